The summed E-state index contributed by atoms with van der Waals surface area (Å²) in [6.07, 6.45) is 7.21. The maximum absolute atomic E-state index is 12.1. The van der Waals surface area contributed by atoms with Gasteiger partial charge in [0, 0.05) is 31.4 Å². The second kappa shape index (κ2) is 7.45. The Morgan fingerprint density at radius 2 is 2.04 bits per heavy atom. The van der Waals surface area contributed by atoms with Gasteiger partial charge in [0.15, 0.2) is 0 Å². The van der Waals surface area contributed by atoms with E-state index in [2.05, 4.69) is 15.3 Å². The quantitative estimate of drug-likeness (QED) is 0.900. The molecule has 1 saturated heterocycles. The van der Waals surface area contributed by atoms with Crippen LogP contribution in [0.4, 0.5) is 10.7 Å². The van der Waals surface area contributed by atoms with Crippen molar-refractivity contribution in [3.63, 3.8) is 0 Å². The molecular formula is C18H28N4O3. The predicted octanol–water partition coefficient (Wildman–Crippen LogP) is 3.22. The van der Waals surface area contributed by atoms with E-state index in [9.17, 15) is 4.79 Å². The van der Waals surface area contributed by atoms with Gasteiger partial charge >= 0.3 is 6.09 Å². The molecule has 3 rings (SSSR count). The number of hydrogen-bond donors (Lipinski definition) is 1. The SMILES string of the molecule is CC(C)(C)OC(=O)N1CC[C@@H](Nc2nccc(OC3CCCC3)n2)C1. The van der Waals surface area contributed by atoms with Gasteiger partial charge in [-0.25, -0.2) is 9.78 Å². The Bertz CT molecular complexity index is 596. The molecule has 1 N–H and O–H groups in total. The van der Waals surface area contributed by atoms with E-state index in [4.69, 9.17) is 9.47 Å². The first-order valence-electron chi connectivity index (χ1n) is 9.13. The Labute approximate surface area is 149 Å². The van der Waals surface area contributed by atoms with Gasteiger partial charge < -0.3 is 19.7 Å². The standard InChI is InChI=1S/C18H28N4O3/c1-18(2,3)25-17(23)22-11-9-13(12-22)20-16-19-10-8-15(21-16)24-14-6-4-5-7-14/h8,10,13-14H,4-7,9,11-12H2,1-3H3,(H,19,20,21)/t13-/m1/s1. The van der Waals surface area contributed by atoms with Crippen LogP contribution in [0.5, 0.6) is 5.88 Å². The van der Waals surface area contributed by atoms with Gasteiger partial charge in [0.05, 0.1) is 0 Å². The van der Waals surface area contributed by atoms with Crippen molar-refractivity contribution < 1.29 is 14.3 Å². The lowest BCUT2D eigenvalue weighted by molar-refractivity contribution is 0.0293. The van der Waals surface area contributed by atoms with Crippen LogP contribution in [0, 0.1) is 0 Å². The van der Waals surface area contributed by atoms with Crippen molar-refractivity contribution in [1.29, 1.82) is 0 Å². The fraction of sp³-hybridized carbons (Fsp3) is 0.722. The van der Waals surface area contributed by atoms with E-state index in [1.165, 1.54) is 12.8 Å². The molecule has 1 aliphatic carbocycles. The summed E-state index contributed by atoms with van der Waals surface area (Å²) < 4.78 is 11.3. The van der Waals surface area contributed by atoms with Crippen molar-refractivity contribution in [3.8, 4) is 5.88 Å². The number of hydrogen-bond acceptors (Lipinski definition) is 6. The zero-order valence-electron chi connectivity index (χ0n) is 15.3. The topological polar surface area (TPSA) is 76.6 Å². The molecule has 7 heteroatoms. The highest BCUT2D eigenvalue weighted by atomic mass is 16.6. The summed E-state index contributed by atoms with van der Waals surface area (Å²) in [5.74, 6) is 1.16. The van der Waals surface area contributed by atoms with Crippen molar-refractivity contribution in [2.75, 3.05) is 18.4 Å². The number of carbonyl (C=O) groups is 1. The first-order chi connectivity index (χ1) is 11.9. The smallest absolute Gasteiger partial charge is 0.410 e. The summed E-state index contributed by atoms with van der Waals surface area (Å²) in [5, 5.41) is 3.30. The minimum absolute atomic E-state index is 0.120. The van der Waals surface area contributed by atoms with Crippen LogP contribution in [0.15, 0.2) is 12.3 Å². The predicted molar refractivity (Wildman–Crippen MR) is 94.8 cm³/mol. The van der Waals surface area contributed by atoms with Gasteiger partial charge in [0.25, 0.3) is 0 Å². The summed E-state index contributed by atoms with van der Waals surface area (Å²) >= 11 is 0. The van der Waals surface area contributed by atoms with Crippen molar-refractivity contribution in [1.82, 2.24) is 14.9 Å². The van der Waals surface area contributed by atoms with Crippen LogP contribution in [-0.4, -0.2) is 51.8 Å². The molecule has 1 aromatic rings. The van der Waals surface area contributed by atoms with E-state index < -0.39 is 5.60 Å². The highest BCUT2D eigenvalue weighted by molar-refractivity contribution is 5.68. The minimum Gasteiger partial charge on any atom is -0.474 e. The van der Waals surface area contributed by atoms with Crippen LogP contribution in [0.25, 0.3) is 0 Å². The lowest BCUT2D eigenvalue weighted by atomic mass is 10.2. The summed E-state index contributed by atoms with van der Waals surface area (Å²) in [6.45, 7) is 6.89. The lowest BCUT2D eigenvalue weighted by Crippen LogP contribution is -2.36. The molecule has 1 amide bonds. The third-order valence-electron chi connectivity index (χ3n) is 4.39. The monoisotopic (exact) mass is 348 g/mol. The Morgan fingerprint density at radius 1 is 1.28 bits per heavy atom. The highest BCUT2D eigenvalue weighted by Crippen LogP contribution is 2.23. The number of likely N-dealkylation sites (tertiary alicyclic amines) is 1. The minimum atomic E-state index is -0.475. The van der Waals surface area contributed by atoms with Crippen LogP contribution in [0.2, 0.25) is 0 Å². The second-order valence-corrected chi connectivity index (χ2v) is 7.80. The second-order valence-electron chi connectivity index (χ2n) is 7.80. The average molecular weight is 348 g/mol. The summed E-state index contributed by atoms with van der Waals surface area (Å²) in [4.78, 5) is 22.6. The van der Waals surface area contributed by atoms with Crippen LogP contribution >= 0.6 is 0 Å². The Morgan fingerprint density at radius 3 is 2.76 bits per heavy atom. The number of amides is 1. The van der Waals surface area contributed by atoms with Gasteiger partial charge in [-0.05, 0) is 52.9 Å². The van der Waals surface area contributed by atoms with E-state index in [-0.39, 0.29) is 18.2 Å². The Kier molecular flexibility index (Phi) is 5.30. The van der Waals surface area contributed by atoms with Crippen molar-refractivity contribution >= 4 is 12.0 Å². The molecule has 1 saturated carbocycles. The van der Waals surface area contributed by atoms with Gasteiger partial charge in [0.2, 0.25) is 11.8 Å². The molecule has 2 aliphatic rings. The largest absolute Gasteiger partial charge is 0.474 e. The van der Waals surface area contributed by atoms with Gasteiger partial charge in [-0.1, -0.05) is 0 Å². The van der Waals surface area contributed by atoms with Crippen LogP contribution in [0.3, 0.4) is 0 Å². The maximum atomic E-state index is 12.1. The molecule has 1 aliphatic heterocycles. The number of anilines is 1. The molecule has 0 aromatic carbocycles. The van der Waals surface area contributed by atoms with Crippen LogP contribution in [-0.2, 0) is 4.74 Å². The van der Waals surface area contributed by atoms with E-state index in [0.717, 1.165) is 19.3 Å². The first-order valence-corrected chi connectivity index (χ1v) is 9.13. The van der Waals surface area contributed by atoms with Gasteiger partial charge in [-0.15, -0.1) is 0 Å². The zero-order chi connectivity index (χ0) is 17.9. The first kappa shape index (κ1) is 17.8. The van der Waals surface area contributed by atoms with E-state index in [1.807, 2.05) is 20.8 Å². The number of nitrogens with one attached hydrogen (secondary N) is 1. The Balaban J connectivity index is 1.52. The Hall–Kier alpha value is -2.05. The third kappa shape index (κ3) is 5.21. The summed E-state index contributed by atoms with van der Waals surface area (Å²) in [5.41, 5.74) is -0.475. The fourth-order valence-electron chi connectivity index (χ4n) is 3.21. The molecule has 2 fully saturated rings. The van der Waals surface area contributed by atoms with E-state index in [0.29, 0.717) is 24.9 Å². The molecule has 0 radical (unpaired) electrons. The number of rotatable bonds is 4. The molecule has 0 spiro atoms. The fourth-order valence-corrected chi connectivity index (χ4v) is 3.21. The molecule has 2 heterocycles. The zero-order valence-corrected chi connectivity index (χ0v) is 15.3. The van der Waals surface area contributed by atoms with Gasteiger partial charge in [-0.3, -0.25) is 0 Å². The lowest BCUT2D eigenvalue weighted by Gasteiger charge is -2.24. The van der Waals surface area contributed by atoms with Crippen molar-refractivity contribution in [3.05, 3.63) is 12.3 Å². The van der Waals surface area contributed by atoms with Gasteiger partial charge in [-0.2, -0.15) is 4.98 Å². The highest BCUT2D eigenvalue weighted by Gasteiger charge is 2.30. The molecule has 7 nitrogen and oxygen atoms in total. The van der Waals surface area contributed by atoms with Crippen molar-refractivity contribution in [2.24, 2.45) is 0 Å². The number of aromatic nitrogens is 2. The molecule has 138 valence electrons. The average Bonchev–Trinajstić information content (AvgIpc) is 3.18. The molecule has 0 unspecified atom stereocenters. The molecular weight excluding hydrogens is 320 g/mol. The molecule has 0 bridgehead atoms. The molecule has 1 aromatic heterocycles. The number of nitrogens with zero attached hydrogens (tertiary/aromatic N) is 3. The van der Waals surface area contributed by atoms with E-state index in [1.54, 1.807) is 17.2 Å². The maximum Gasteiger partial charge on any atom is 0.410 e. The molecule has 25 heavy (non-hydrogen) atoms. The number of carbonyl (C=O) groups excluding carboxylic acids is 1. The summed E-state index contributed by atoms with van der Waals surface area (Å²) in [7, 11) is 0. The third-order valence-corrected chi connectivity index (χ3v) is 4.39. The van der Waals surface area contributed by atoms with Crippen LogP contribution < -0.4 is 10.1 Å². The van der Waals surface area contributed by atoms with Crippen molar-refractivity contribution in [2.45, 2.75) is 70.6 Å². The molecule has 1 atom stereocenters. The summed E-state index contributed by atoms with van der Waals surface area (Å²) in [6, 6.07) is 1.92. The number of ether oxygens (including phenoxy) is 2. The van der Waals surface area contributed by atoms with Crippen LogP contribution in [0.1, 0.15) is 52.9 Å². The van der Waals surface area contributed by atoms with E-state index >= 15 is 0 Å². The van der Waals surface area contributed by atoms with Gasteiger partial charge in [0.1, 0.15) is 11.7 Å². The normalized spacial score (nSPS) is 21.4.